The molecule has 1 fully saturated rings. The van der Waals surface area contributed by atoms with Crippen molar-refractivity contribution in [3.63, 3.8) is 0 Å². The molecule has 0 N–H and O–H groups in total. The second-order valence-corrected chi connectivity index (χ2v) is 6.99. The molecule has 23 heavy (non-hydrogen) atoms. The van der Waals surface area contributed by atoms with Gasteiger partial charge in [-0.1, -0.05) is 84.0 Å². The number of ether oxygens (including phenoxy) is 1. The molecular formula is C20H38NO2. The molecule has 1 radical (unpaired) electrons. The predicted octanol–water partition coefficient (Wildman–Crippen LogP) is 5.74. The van der Waals surface area contributed by atoms with E-state index < -0.39 is 0 Å². The lowest BCUT2D eigenvalue weighted by Gasteiger charge is -2.10. The Bertz CT molecular complexity index is 275. The van der Waals surface area contributed by atoms with Crippen molar-refractivity contribution >= 4 is 5.97 Å². The molecule has 1 unspecified atom stereocenters. The van der Waals surface area contributed by atoms with Crippen LogP contribution in [0.15, 0.2) is 0 Å². The molecule has 1 aliphatic rings. The Morgan fingerprint density at radius 3 is 1.87 bits per heavy atom. The van der Waals surface area contributed by atoms with Crippen LogP contribution in [0.5, 0.6) is 0 Å². The van der Waals surface area contributed by atoms with Gasteiger partial charge in [-0.15, -0.1) is 0 Å². The van der Waals surface area contributed by atoms with Crippen molar-refractivity contribution in [2.24, 2.45) is 0 Å². The second-order valence-electron chi connectivity index (χ2n) is 6.99. The molecule has 0 aromatic carbocycles. The molecule has 1 atom stereocenters. The molecule has 3 nitrogen and oxygen atoms in total. The van der Waals surface area contributed by atoms with E-state index >= 15 is 0 Å². The molecule has 0 aliphatic carbocycles. The van der Waals surface area contributed by atoms with Crippen LogP contribution < -0.4 is 5.32 Å². The molecule has 0 spiro atoms. The number of carbonyl (C=O) groups is 1. The highest BCUT2D eigenvalue weighted by molar-refractivity contribution is 5.69. The number of rotatable bonds is 15. The zero-order valence-electron chi connectivity index (χ0n) is 15.4. The maximum atomic E-state index is 11.6. The average Bonchev–Trinajstić information content (AvgIpc) is 3.04. The summed E-state index contributed by atoms with van der Waals surface area (Å²) in [7, 11) is 0. The van der Waals surface area contributed by atoms with Gasteiger partial charge in [-0.3, -0.25) is 4.79 Å². The van der Waals surface area contributed by atoms with Crippen molar-refractivity contribution in [3.8, 4) is 0 Å². The summed E-state index contributed by atoms with van der Waals surface area (Å²) in [4.78, 5) is 11.6. The summed E-state index contributed by atoms with van der Waals surface area (Å²) in [5, 5.41) is 4.25. The van der Waals surface area contributed by atoms with Gasteiger partial charge in [0.2, 0.25) is 0 Å². The Morgan fingerprint density at radius 1 is 0.870 bits per heavy atom. The van der Waals surface area contributed by atoms with Crippen molar-refractivity contribution in [2.75, 3.05) is 6.54 Å². The van der Waals surface area contributed by atoms with E-state index in [2.05, 4.69) is 12.2 Å². The van der Waals surface area contributed by atoms with E-state index in [0.29, 0.717) is 6.42 Å². The Kier molecular flexibility index (Phi) is 13.3. The van der Waals surface area contributed by atoms with Crippen LogP contribution in [0.25, 0.3) is 0 Å². The minimum Gasteiger partial charge on any atom is -0.445 e. The van der Waals surface area contributed by atoms with E-state index in [1.807, 2.05) is 0 Å². The van der Waals surface area contributed by atoms with Crippen LogP contribution in [0.1, 0.15) is 110 Å². The van der Waals surface area contributed by atoms with Gasteiger partial charge in [0.1, 0.15) is 0 Å². The van der Waals surface area contributed by atoms with Gasteiger partial charge in [-0.2, -0.15) is 0 Å². The average molecular weight is 325 g/mol. The number of unbranched alkanes of at least 4 members (excludes halogenated alkanes) is 12. The van der Waals surface area contributed by atoms with E-state index in [1.165, 1.54) is 70.6 Å². The molecule has 0 bridgehead atoms. The summed E-state index contributed by atoms with van der Waals surface area (Å²) < 4.78 is 5.31. The number of esters is 1. The first kappa shape index (κ1) is 20.5. The SMILES string of the molecule is CCCCCCCCCCCCCCCC(=O)OC1CCC[N]1. The fourth-order valence-corrected chi connectivity index (χ4v) is 3.19. The van der Waals surface area contributed by atoms with Crippen LogP contribution in [-0.2, 0) is 9.53 Å². The van der Waals surface area contributed by atoms with Crippen LogP contribution in [0.4, 0.5) is 0 Å². The van der Waals surface area contributed by atoms with Gasteiger partial charge in [0.25, 0.3) is 0 Å². The summed E-state index contributed by atoms with van der Waals surface area (Å²) in [5.41, 5.74) is 0. The summed E-state index contributed by atoms with van der Waals surface area (Å²) >= 11 is 0. The topological polar surface area (TPSA) is 40.4 Å². The Hall–Kier alpha value is -0.570. The van der Waals surface area contributed by atoms with Crippen molar-refractivity contribution in [2.45, 2.75) is 116 Å². The van der Waals surface area contributed by atoms with Crippen LogP contribution in [-0.4, -0.2) is 18.7 Å². The zero-order chi connectivity index (χ0) is 16.6. The van der Waals surface area contributed by atoms with Crippen LogP contribution >= 0.6 is 0 Å². The van der Waals surface area contributed by atoms with Gasteiger partial charge in [0, 0.05) is 19.4 Å². The third-order valence-corrected chi connectivity index (χ3v) is 4.69. The van der Waals surface area contributed by atoms with Gasteiger partial charge in [-0.25, -0.2) is 5.32 Å². The lowest BCUT2D eigenvalue weighted by Crippen LogP contribution is -2.22. The molecule has 1 heterocycles. The first-order chi connectivity index (χ1) is 11.3. The molecule has 0 saturated carbocycles. The molecule has 1 saturated heterocycles. The predicted molar refractivity (Wildman–Crippen MR) is 96.4 cm³/mol. The fraction of sp³-hybridized carbons (Fsp3) is 0.950. The Labute approximate surface area is 143 Å². The Morgan fingerprint density at radius 2 is 1.39 bits per heavy atom. The van der Waals surface area contributed by atoms with E-state index in [1.54, 1.807) is 0 Å². The molecule has 1 rings (SSSR count). The third kappa shape index (κ3) is 12.5. The zero-order valence-corrected chi connectivity index (χ0v) is 15.4. The highest BCUT2D eigenvalue weighted by atomic mass is 16.6. The van der Waals surface area contributed by atoms with E-state index in [9.17, 15) is 4.79 Å². The van der Waals surface area contributed by atoms with Crippen LogP contribution in [0.3, 0.4) is 0 Å². The summed E-state index contributed by atoms with van der Waals surface area (Å²) in [6.07, 6.45) is 19.7. The minimum atomic E-state index is -0.135. The lowest BCUT2D eigenvalue weighted by atomic mass is 10.0. The minimum absolute atomic E-state index is 0.0521. The summed E-state index contributed by atoms with van der Waals surface area (Å²) in [6.45, 7) is 3.13. The van der Waals surface area contributed by atoms with Gasteiger partial charge >= 0.3 is 5.97 Å². The quantitative estimate of drug-likeness (QED) is 0.285. The smallest absolute Gasteiger partial charge is 0.307 e. The van der Waals surface area contributed by atoms with Gasteiger partial charge in [-0.05, 0) is 12.8 Å². The van der Waals surface area contributed by atoms with E-state index in [4.69, 9.17) is 4.74 Å². The molecular weight excluding hydrogens is 286 g/mol. The highest BCUT2D eigenvalue weighted by Crippen LogP contribution is 2.14. The van der Waals surface area contributed by atoms with Crippen LogP contribution in [0, 0.1) is 0 Å². The highest BCUT2D eigenvalue weighted by Gasteiger charge is 2.19. The number of nitrogens with zero attached hydrogens (tertiary/aromatic N) is 1. The normalized spacial score (nSPS) is 17.5. The molecule has 1 aliphatic heterocycles. The van der Waals surface area contributed by atoms with Crippen LogP contribution in [0.2, 0.25) is 0 Å². The maximum Gasteiger partial charge on any atom is 0.307 e. The van der Waals surface area contributed by atoms with E-state index in [0.717, 1.165) is 32.2 Å². The fourth-order valence-electron chi connectivity index (χ4n) is 3.19. The Balaban J connectivity index is 1.73. The van der Waals surface area contributed by atoms with Gasteiger partial charge < -0.3 is 4.74 Å². The number of carbonyl (C=O) groups excluding carboxylic acids is 1. The van der Waals surface area contributed by atoms with Crippen molar-refractivity contribution in [3.05, 3.63) is 0 Å². The van der Waals surface area contributed by atoms with Gasteiger partial charge in [0.05, 0.1) is 0 Å². The lowest BCUT2D eigenvalue weighted by molar-refractivity contribution is -0.150. The largest absolute Gasteiger partial charge is 0.445 e. The summed E-state index contributed by atoms with van der Waals surface area (Å²) in [5.74, 6) is -0.0521. The molecule has 3 heteroatoms. The first-order valence-corrected chi connectivity index (χ1v) is 10.2. The van der Waals surface area contributed by atoms with Gasteiger partial charge in [0.15, 0.2) is 6.23 Å². The molecule has 0 aromatic rings. The molecule has 0 amide bonds. The monoisotopic (exact) mass is 324 g/mol. The number of hydrogen-bond acceptors (Lipinski definition) is 2. The standard InChI is InChI=1S/C20H38NO2/c1-2-3-4-5-6-7-8-9-10-11-12-13-14-17-20(22)23-19-16-15-18-21-19/h19H,2-18H2,1H3. The second kappa shape index (κ2) is 15.0. The summed E-state index contributed by atoms with van der Waals surface area (Å²) in [6, 6.07) is 0. The van der Waals surface area contributed by atoms with Crippen molar-refractivity contribution in [1.29, 1.82) is 0 Å². The van der Waals surface area contributed by atoms with Crippen molar-refractivity contribution in [1.82, 2.24) is 5.32 Å². The third-order valence-electron chi connectivity index (χ3n) is 4.69. The van der Waals surface area contributed by atoms with E-state index in [-0.39, 0.29) is 12.2 Å². The molecule has 0 aromatic heterocycles. The number of hydrogen-bond donors (Lipinski definition) is 0. The molecule has 135 valence electrons. The first-order valence-electron chi connectivity index (χ1n) is 10.2. The van der Waals surface area contributed by atoms with Crippen molar-refractivity contribution < 1.29 is 9.53 Å². The maximum absolute atomic E-state index is 11.6.